The standard InChI is InChI=1S/3C4H11N.C3H10O3PS/c3*1-3-5-4-2;1-3(2-4)7(5,6)8/h3*5H,3-4H2,1-2H3;3-6,8H,2H2,1H3/q;;;+1. The van der Waals surface area contributed by atoms with Gasteiger partial charge in [0.05, 0.1) is 18.9 Å². The van der Waals surface area contributed by atoms with Crippen LogP contribution in [0, 0.1) is 0 Å². The van der Waals surface area contributed by atoms with E-state index in [2.05, 4.69) is 69.7 Å². The van der Waals surface area contributed by atoms with Crippen LogP contribution in [0.4, 0.5) is 0 Å². The molecule has 0 saturated heterocycles. The highest BCUT2D eigenvalue weighted by Gasteiger charge is 2.35. The molecule has 1 unspecified atom stereocenters. The third kappa shape index (κ3) is 45.0. The van der Waals surface area contributed by atoms with E-state index in [1.165, 1.54) is 6.92 Å². The van der Waals surface area contributed by atoms with Crippen LogP contribution >= 0.6 is 19.2 Å². The van der Waals surface area contributed by atoms with Gasteiger partial charge in [0, 0.05) is 0 Å². The van der Waals surface area contributed by atoms with Crippen molar-refractivity contribution in [3.8, 4) is 0 Å². The molecule has 0 aliphatic rings. The number of rotatable bonds is 8. The second-order valence-electron chi connectivity index (χ2n) is 4.52. The Bertz CT molecular complexity index is 168. The van der Waals surface area contributed by atoms with E-state index in [1.54, 1.807) is 0 Å². The fourth-order valence-corrected chi connectivity index (χ4v) is 1.30. The third-order valence-electron chi connectivity index (χ3n) is 2.36. The van der Waals surface area contributed by atoms with Crippen LogP contribution in [0.5, 0.6) is 0 Å². The quantitative estimate of drug-likeness (QED) is 0.258. The topological polar surface area (TPSA) is 96.8 Å². The SMILES string of the molecule is CC(CO)[P+](O)(O)S.CCNCC.CCNCC.CCNCC. The number of hydrogen-bond acceptors (Lipinski definition) is 7. The van der Waals surface area contributed by atoms with Crippen molar-refractivity contribution < 1.29 is 14.9 Å². The number of hydrogen-bond donors (Lipinski definition) is 7. The lowest BCUT2D eigenvalue weighted by molar-refractivity contribution is 0.286. The van der Waals surface area contributed by atoms with E-state index in [4.69, 9.17) is 14.9 Å². The van der Waals surface area contributed by atoms with Crippen LogP contribution in [-0.2, 0) is 0 Å². The van der Waals surface area contributed by atoms with Gasteiger partial charge in [-0.25, -0.2) is 9.79 Å². The zero-order valence-corrected chi connectivity index (χ0v) is 18.1. The molecule has 23 heavy (non-hydrogen) atoms. The Morgan fingerprint density at radius 1 is 0.739 bits per heavy atom. The summed E-state index contributed by atoms with van der Waals surface area (Å²) in [4.78, 5) is 17.3. The van der Waals surface area contributed by atoms with Gasteiger partial charge in [-0.2, -0.15) is 0 Å². The molecular formula is C15H43N3O3PS+. The van der Waals surface area contributed by atoms with Crippen molar-refractivity contribution in [2.75, 3.05) is 45.9 Å². The van der Waals surface area contributed by atoms with Crippen LogP contribution in [0.2, 0.25) is 0 Å². The highest BCUT2D eigenvalue weighted by Crippen LogP contribution is 2.59. The van der Waals surface area contributed by atoms with E-state index in [1.807, 2.05) is 0 Å². The first-order valence-electron chi connectivity index (χ1n) is 8.52. The molecule has 1 atom stereocenters. The van der Waals surface area contributed by atoms with Crippen molar-refractivity contribution in [1.82, 2.24) is 16.0 Å². The molecule has 146 valence electrons. The Morgan fingerprint density at radius 3 is 0.957 bits per heavy atom. The lowest BCUT2D eigenvalue weighted by Gasteiger charge is -2.09. The summed E-state index contributed by atoms with van der Waals surface area (Å²) in [6.07, 6.45) is 0. The minimum Gasteiger partial charge on any atom is -0.392 e. The molecule has 0 spiro atoms. The Labute approximate surface area is 150 Å². The van der Waals surface area contributed by atoms with Crippen LogP contribution < -0.4 is 16.0 Å². The van der Waals surface area contributed by atoms with E-state index in [0.29, 0.717) is 0 Å². The number of aliphatic hydroxyl groups excluding tert-OH is 1. The summed E-state index contributed by atoms with van der Waals surface area (Å²) in [6.45, 7) is 17.4. The van der Waals surface area contributed by atoms with Crippen LogP contribution in [-0.4, -0.2) is 66.4 Å². The maximum absolute atomic E-state index is 8.66. The summed E-state index contributed by atoms with van der Waals surface area (Å²) in [7, 11) is 0. The predicted molar refractivity (Wildman–Crippen MR) is 110 cm³/mol. The van der Waals surface area contributed by atoms with Gasteiger partial charge in [0.25, 0.3) is 0 Å². The van der Waals surface area contributed by atoms with E-state index < -0.39 is 12.6 Å². The van der Waals surface area contributed by atoms with Crippen LogP contribution in [0.1, 0.15) is 48.5 Å². The summed E-state index contributed by atoms with van der Waals surface area (Å²) in [5.41, 5.74) is -0.508. The summed E-state index contributed by atoms with van der Waals surface area (Å²) >= 11 is 3.49. The Kier molecular flexibility index (Phi) is 37.3. The first kappa shape index (κ1) is 31.3. The molecule has 0 aliphatic heterocycles. The Hall–Kier alpha value is 0.540. The normalized spacial score (nSPS) is 11.1. The molecule has 0 bridgehead atoms. The van der Waals surface area contributed by atoms with Gasteiger partial charge >= 0.3 is 6.92 Å². The molecule has 0 aromatic heterocycles. The average molecular weight is 377 g/mol. The lowest BCUT2D eigenvalue weighted by Crippen LogP contribution is -2.09. The zero-order valence-electron chi connectivity index (χ0n) is 16.3. The first-order valence-corrected chi connectivity index (χ1v) is 11.4. The van der Waals surface area contributed by atoms with E-state index in [0.717, 1.165) is 39.3 Å². The molecule has 0 rings (SSSR count). The summed E-state index contributed by atoms with van der Waals surface area (Å²) in [5.74, 6) is 0. The monoisotopic (exact) mass is 376 g/mol. The third-order valence-corrected chi connectivity index (χ3v) is 4.88. The van der Waals surface area contributed by atoms with E-state index in [-0.39, 0.29) is 6.61 Å². The minimum atomic E-state index is -3.06. The molecular weight excluding hydrogens is 333 g/mol. The smallest absolute Gasteiger partial charge is 0.328 e. The van der Waals surface area contributed by atoms with Gasteiger partial charge in [-0.15, -0.1) is 0 Å². The van der Waals surface area contributed by atoms with Crippen molar-refractivity contribution in [2.24, 2.45) is 0 Å². The number of thiol groups is 1. The van der Waals surface area contributed by atoms with E-state index >= 15 is 0 Å². The van der Waals surface area contributed by atoms with Gasteiger partial charge in [-0.1, -0.05) is 41.5 Å². The fourth-order valence-electron chi connectivity index (χ4n) is 0.860. The van der Waals surface area contributed by atoms with Crippen molar-refractivity contribution in [2.45, 2.75) is 54.1 Å². The van der Waals surface area contributed by atoms with Gasteiger partial charge < -0.3 is 21.1 Å². The molecule has 0 aliphatic carbocycles. The van der Waals surface area contributed by atoms with Crippen LogP contribution in [0.3, 0.4) is 0 Å². The van der Waals surface area contributed by atoms with Crippen molar-refractivity contribution in [3.63, 3.8) is 0 Å². The molecule has 6 N–H and O–H groups in total. The molecule has 0 fully saturated rings. The second kappa shape index (κ2) is 27.4. The fraction of sp³-hybridized carbons (Fsp3) is 1.00. The van der Waals surface area contributed by atoms with Gasteiger partial charge in [-0.3, -0.25) is 0 Å². The van der Waals surface area contributed by atoms with Crippen molar-refractivity contribution in [3.05, 3.63) is 0 Å². The van der Waals surface area contributed by atoms with Gasteiger partial charge in [0.2, 0.25) is 0 Å². The van der Waals surface area contributed by atoms with Crippen molar-refractivity contribution in [1.29, 1.82) is 0 Å². The van der Waals surface area contributed by atoms with Gasteiger partial charge in [0.1, 0.15) is 0 Å². The van der Waals surface area contributed by atoms with Crippen LogP contribution in [0.15, 0.2) is 0 Å². The molecule has 0 amide bonds. The average Bonchev–Trinajstić information content (AvgIpc) is 2.50. The maximum Gasteiger partial charge on any atom is 0.328 e. The van der Waals surface area contributed by atoms with E-state index in [9.17, 15) is 0 Å². The largest absolute Gasteiger partial charge is 0.392 e. The zero-order chi connectivity index (χ0) is 19.1. The first-order chi connectivity index (χ1) is 10.7. The second-order valence-corrected chi connectivity index (χ2v) is 8.39. The van der Waals surface area contributed by atoms with Gasteiger partial charge in [-0.05, 0) is 46.2 Å². The van der Waals surface area contributed by atoms with Crippen molar-refractivity contribution >= 4 is 19.2 Å². The molecule has 0 radical (unpaired) electrons. The summed E-state index contributed by atoms with van der Waals surface area (Å²) in [5, 5.41) is 17.7. The van der Waals surface area contributed by atoms with Gasteiger partial charge in [0.15, 0.2) is 5.66 Å². The van der Waals surface area contributed by atoms with Crippen LogP contribution in [0.25, 0.3) is 0 Å². The molecule has 6 nitrogen and oxygen atoms in total. The molecule has 8 heteroatoms. The number of aliphatic hydroxyl groups is 1. The summed E-state index contributed by atoms with van der Waals surface area (Å²) < 4.78 is 0. The Morgan fingerprint density at radius 2 is 0.957 bits per heavy atom. The Balaban J connectivity index is -0.000000108. The predicted octanol–water partition coefficient (Wildman–Crippen LogP) is 1.89. The molecule has 0 aromatic rings. The lowest BCUT2D eigenvalue weighted by atomic mass is 10.5. The maximum atomic E-state index is 8.66. The molecule has 0 aromatic carbocycles. The minimum absolute atomic E-state index is 0.232. The highest BCUT2D eigenvalue weighted by molar-refractivity contribution is 8.49. The highest BCUT2D eigenvalue weighted by atomic mass is 32.7. The molecule has 0 saturated carbocycles. The number of nitrogens with one attached hydrogen (secondary N) is 3. The molecule has 0 heterocycles. The summed E-state index contributed by atoms with van der Waals surface area (Å²) in [6, 6.07) is 0.